The molecule has 1 aliphatic rings. The quantitative estimate of drug-likeness (QED) is 0.143. The number of nitrogens with zero attached hydrogens (tertiary/aromatic N) is 2. The molecule has 5 rings (SSSR count). The Morgan fingerprint density at radius 2 is 1.86 bits per heavy atom. The summed E-state index contributed by atoms with van der Waals surface area (Å²) in [6, 6.07) is 13.0. The van der Waals surface area contributed by atoms with Crippen molar-refractivity contribution in [3.63, 3.8) is 0 Å². The number of rotatable bonds is 11. The van der Waals surface area contributed by atoms with Gasteiger partial charge in [0.25, 0.3) is 11.8 Å². The monoisotopic (exact) mass is 624 g/mol. The maximum Gasteiger partial charge on any atom is 0.260 e. The predicted octanol–water partition coefficient (Wildman–Crippen LogP) is 5.65. The van der Waals surface area contributed by atoms with E-state index in [0.717, 1.165) is 65.9 Å². The van der Waals surface area contributed by atoms with Crippen molar-refractivity contribution in [2.75, 3.05) is 30.3 Å². The number of hydrogen-bond acceptors (Lipinski definition) is 9. The van der Waals surface area contributed by atoms with Gasteiger partial charge in [-0.3, -0.25) is 9.59 Å². The standard InChI is InChI=1S/C30H36N6O4S.3CH4/c1-2-4-20-15-24(35-30-25(20)26(31)27(41-30)28(32)38)36-12-10-21(11-13-36)33-17-23(37)18-6-8-19(9-7-18)29(39)34-16-22-5-3-14-40-22;;;/h3,5-9,14-15,21,23,33,37H,2,4,10-13,16-17,31H2,1H3,(H2,32,38)(H,34,39);3*1H4. The molecule has 1 saturated heterocycles. The van der Waals surface area contributed by atoms with Crippen LogP contribution in [0.5, 0.6) is 0 Å². The third kappa shape index (κ3) is 8.16. The summed E-state index contributed by atoms with van der Waals surface area (Å²) in [4.78, 5) is 32.5. The SMILES string of the molecule is C.C.C.CCCc1cc(N2CCC(NCC(O)c3ccc(C(=O)NCc4ccco4)cc3)CC2)nc2sc(C(N)=O)c(N)c12. The number of carbonyl (C=O) groups is 2. The summed E-state index contributed by atoms with van der Waals surface area (Å²) in [6.07, 6.45) is 4.50. The topological polar surface area (TPSA) is 160 Å². The largest absolute Gasteiger partial charge is 0.467 e. The number of amides is 2. The van der Waals surface area contributed by atoms with E-state index in [4.69, 9.17) is 20.9 Å². The average Bonchev–Trinajstić information content (AvgIpc) is 3.63. The smallest absolute Gasteiger partial charge is 0.260 e. The molecule has 0 spiro atoms. The molecule has 0 radical (unpaired) electrons. The van der Waals surface area contributed by atoms with Gasteiger partial charge in [0.2, 0.25) is 0 Å². The van der Waals surface area contributed by atoms with Crippen LogP contribution in [0.2, 0.25) is 0 Å². The van der Waals surface area contributed by atoms with E-state index in [1.54, 1.807) is 42.7 Å². The highest BCUT2D eigenvalue weighted by atomic mass is 32.1. The van der Waals surface area contributed by atoms with Crippen LogP contribution in [-0.4, -0.2) is 47.6 Å². The Morgan fingerprint density at radius 1 is 1.16 bits per heavy atom. The van der Waals surface area contributed by atoms with Gasteiger partial charge in [-0.2, -0.15) is 0 Å². The molecule has 11 heteroatoms. The number of nitrogen functional groups attached to an aromatic ring is 1. The normalized spacial score (nSPS) is 13.8. The highest BCUT2D eigenvalue weighted by Gasteiger charge is 2.24. The van der Waals surface area contributed by atoms with Gasteiger partial charge in [-0.25, -0.2) is 4.98 Å². The summed E-state index contributed by atoms with van der Waals surface area (Å²) in [5.41, 5.74) is 14.6. The first-order chi connectivity index (χ1) is 19.8. The number of benzene rings is 1. The lowest BCUT2D eigenvalue weighted by molar-refractivity contribution is 0.0946. The van der Waals surface area contributed by atoms with Gasteiger partial charge in [-0.1, -0.05) is 47.8 Å². The van der Waals surface area contributed by atoms with Gasteiger partial charge in [0.1, 0.15) is 21.3 Å². The molecule has 44 heavy (non-hydrogen) atoms. The van der Waals surface area contributed by atoms with E-state index in [9.17, 15) is 14.7 Å². The number of nitrogens with one attached hydrogen (secondary N) is 2. The van der Waals surface area contributed by atoms with Crippen molar-refractivity contribution in [1.29, 1.82) is 0 Å². The fourth-order valence-corrected chi connectivity index (χ4v) is 6.23. The zero-order valence-corrected chi connectivity index (χ0v) is 23.9. The van der Waals surface area contributed by atoms with Crippen LogP contribution in [0.4, 0.5) is 11.5 Å². The number of aliphatic hydroxyl groups is 1. The fraction of sp³-hybridized carbons (Fsp3) is 0.424. The molecular weight excluding hydrogens is 576 g/mol. The number of piperidine rings is 1. The van der Waals surface area contributed by atoms with E-state index in [1.165, 1.54) is 11.3 Å². The molecular formula is C33H48N6O4S. The van der Waals surface area contributed by atoms with Crippen LogP contribution >= 0.6 is 11.3 Å². The van der Waals surface area contributed by atoms with Crippen molar-refractivity contribution in [2.24, 2.45) is 5.73 Å². The van der Waals surface area contributed by atoms with Crippen LogP contribution in [0, 0.1) is 0 Å². The van der Waals surface area contributed by atoms with E-state index >= 15 is 0 Å². The van der Waals surface area contributed by atoms with E-state index in [-0.39, 0.29) is 34.2 Å². The van der Waals surface area contributed by atoms with Crippen molar-refractivity contribution in [3.05, 3.63) is 76.1 Å². The van der Waals surface area contributed by atoms with E-state index < -0.39 is 12.0 Å². The summed E-state index contributed by atoms with van der Waals surface area (Å²) >= 11 is 1.26. The summed E-state index contributed by atoms with van der Waals surface area (Å²) < 4.78 is 5.24. The minimum Gasteiger partial charge on any atom is -0.467 e. The van der Waals surface area contributed by atoms with Gasteiger partial charge in [0.05, 0.1) is 24.6 Å². The third-order valence-electron chi connectivity index (χ3n) is 7.49. The highest BCUT2D eigenvalue weighted by molar-refractivity contribution is 7.21. The molecule has 1 unspecified atom stereocenters. The van der Waals surface area contributed by atoms with Gasteiger partial charge in [-0.15, -0.1) is 11.3 Å². The lowest BCUT2D eigenvalue weighted by Crippen LogP contribution is -2.44. The minimum atomic E-state index is -0.683. The number of fused-ring (bicyclic) bond motifs is 1. The number of aromatic nitrogens is 1. The second-order valence-corrected chi connectivity index (χ2v) is 11.3. The first kappa shape index (κ1) is 36.3. The summed E-state index contributed by atoms with van der Waals surface area (Å²) in [6.45, 7) is 4.50. The maximum absolute atomic E-state index is 12.4. The van der Waals surface area contributed by atoms with Gasteiger partial charge in [-0.05, 0) is 60.7 Å². The van der Waals surface area contributed by atoms with Gasteiger partial charge in [0.15, 0.2) is 0 Å². The first-order valence-electron chi connectivity index (χ1n) is 13.9. The number of carbonyl (C=O) groups excluding carboxylic acids is 2. The molecule has 1 fully saturated rings. The number of furan rings is 1. The number of pyridine rings is 1. The molecule has 7 N–H and O–H groups in total. The van der Waals surface area contributed by atoms with Crippen molar-refractivity contribution in [1.82, 2.24) is 15.6 Å². The second kappa shape index (κ2) is 16.2. The predicted molar refractivity (Wildman–Crippen MR) is 181 cm³/mol. The molecule has 240 valence electrons. The Balaban J connectivity index is 0.00000225. The summed E-state index contributed by atoms with van der Waals surface area (Å²) in [7, 11) is 0. The second-order valence-electron chi connectivity index (χ2n) is 10.3. The van der Waals surface area contributed by atoms with Gasteiger partial charge < -0.3 is 36.5 Å². The molecule has 1 aromatic carbocycles. The lowest BCUT2D eigenvalue weighted by atomic mass is 10.0. The van der Waals surface area contributed by atoms with Crippen LogP contribution in [0.3, 0.4) is 0 Å². The van der Waals surface area contributed by atoms with Crippen molar-refractivity contribution in [3.8, 4) is 0 Å². The maximum atomic E-state index is 12.4. The highest BCUT2D eigenvalue weighted by Crippen LogP contribution is 2.37. The molecule has 4 heterocycles. The first-order valence-corrected chi connectivity index (χ1v) is 14.7. The average molecular weight is 625 g/mol. The number of aryl methyl sites for hydroxylation is 1. The molecule has 0 aliphatic carbocycles. The molecule has 10 nitrogen and oxygen atoms in total. The van der Waals surface area contributed by atoms with E-state index in [2.05, 4.69) is 28.5 Å². The van der Waals surface area contributed by atoms with Crippen LogP contribution in [0.25, 0.3) is 10.2 Å². The Labute approximate surface area is 264 Å². The van der Waals surface area contributed by atoms with E-state index in [0.29, 0.717) is 35.0 Å². The Hall–Kier alpha value is -3.93. The lowest BCUT2D eigenvalue weighted by Gasteiger charge is -2.34. The molecule has 2 amide bonds. The van der Waals surface area contributed by atoms with E-state index in [1.807, 2.05) is 0 Å². The number of aliphatic hydroxyl groups excluding tert-OH is 1. The summed E-state index contributed by atoms with van der Waals surface area (Å²) in [5, 5.41) is 17.9. The molecule has 0 bridgehead atoms. The van der Waals surface area contributed by atoms with Crippen LogP contribution in [-0.2, 0) is 13.0 Å². The van der Waals surface area contributed by atoms with Crippen LogP contribution in [0.15, 0.2) is 53.1 Å². The van der Waals surface area contributed by atoms with Crippen molar-refractivity contribution >= 4 is 44.9 Å². The van der Waals surface area contributed by atoms with Gasteiger partial charge >= 0.3 is 0 Å². The Morgan fingerprint density at radius 3 is 2.48 bits per heavy atom. The Kier molecular flexibility index (Phi) is 13.4. The van der Waals surface area contributed by atoms with Crippen molar-refractivity contribution in [2.45, 2.75) is 73.6 Å². The minimum absolute atomic E-state index is 0. The third-order valence-corrected chi connectivity index (χ3v) is 8.60. The molecule has 0 saturated carbocycles. The number of anilines is 2. The summed E-state index contributed by atoms with van der Waals surface area (Å²) in [5.74, 6) is 0.863. The number of primary amides is 1. The number of thiophene rings is 1. The molecule has 3 aromatic heterocycles. The Bertz CT molecular complexity index is 1500. The molecule has 4 aromatic rings. The van der Waals surface area contributed by atoms with Gasteiger partial charge in [0, 0.05) is 36.6 Å². The number of hydrogen-bond donors (Lipinski definition) is 5. The van der Waals surface area contributed by atoms with Crippen molar-refractivity contribution < 1.29 is 19.1 Å². The molecule has 1 atom stereocenters. The fourth-order valence-electron chi connectivity index (χ4n) is 5.24. The molecule has 1 aliphatic heterocycles. The zero-order chi connectivity index (χ0) is 28.9. The van der Waals surface area contributed by atoms with Crippen LogP contribution < -0.4 is 27.0 Å². The zero-order valence-electron chi connectivity index (χ0n) is 23.1. The van der Waals surface area contributed by atoms with Crippen LogP contribution in [0.1, 0.15) is 91.5 Å². The number of nitrogens with two attached hydrogens (primary N) is 2.